The molecule has 1 atom stereocenters. The zero-order chi connectivity index (χ0) is 13.4. The number of benzene rings is 1. The molecule has 0 amide bonds. The summed E-state index contributed by atoms with van der Waals surface area (Å²) in [6.45, 7) is 0. The maximum absolute atomic E-state index is 9.90. The van der Waals surface area contributed by atoms with Crippen LogP contribution in [0.3, 0.4) is 0 Å². The second kappa shape index (κ2) is 5.00. The van der Waals surface area contributed by atoms with E-state index in [9.17, 15) is 5.21 Å². The molecule has 1 aliphatic heterocycles. The van der Waals surface area contributed by atoms with Crippen LogP contribution in [0.5, 0.6) is 0 Å². The Morgan fingerprint density at radius 3 is 2.44 bits per heavy atom. The molecule has 1 aromatic carbocycles. The molecule has 7 heteroatoms. The van der Waals surface area contributed by atoms with Crippen molar-refractivity contribution in [2.45, 2.75) is 6.29 Å². The van der Waals surface area contributed by atoms with Crippen LogP contribution >= 0.6 is 11.6 Å². The van der Waals surface area contributed by atoms with E-state index < -0.39 is 0 Å². The predicted molar refractivity (Wildman–Crippen MR) is 70.9 cm³/mol. The summed E-state index contributed by atoms with van der Waals surface area (Å²) in [5.41, 5.74) is 5.72. The molecule has 1 aromatic rings. The smallest absolute Gasteiger partial charge is 0.178 e. The van der Waals surface area contributed by atoms with E-state index in [-0.39, 0.29) is 11.5 Å². The van der Waals surface area contributed by atoms with Gasteiger partial charge in [-0.25, -0.2) is 10.4 Å². The highest BCUT2D eigenvalue weighted by Crippen LogP contribution is 2.33. The van der Waals surface area contributed by atoms with Crippen LogP contribution in [0.2, 0.25) is 5.02 Å². The fourth-order valence-electron chi connectivity index (χ4n) is 2.17. The van der Waals surface area contributed by atoms with Crippen LogP contribution in [0.25, 0.3) is 5.53 Å². The summed E-state index contributed by atoms with van der Waals surface area (Å²) in [5, 5.41) is 12.3. The molecule has 0 bridgehead atoms. The van der Waals surface area contributed by atoms with Gasteiger partial charge >= 0.3 is 0 Å². The van der Waals surface area contributed by atoms with Crippen LogP contribution < -0.4 is 10.2 Å². The number of hydrogen-bond acceptors (Lipinski definition) is 4. The minimum absolute atomic E-state index is 0.00111. The summed E-state index contributed by atoms with van der Waals surface area (Å²) in [5.74, 6) is 0. The van der Waals surface area contributed by atoms with E-state index in [2.05, 4.69) is 5.53 Å². The van der Waals surface area contributed by atoms with Crippen molar-refractivity contribution in [2.24, 2.45) is 0 Å². The molecule has 2 N–H and O–H groups in total. The van der Waals surface area contributed by atoms with E-state index in [1.54, 1.807) is 17.1 Å². The SMILES string of the molecule is CN(C)C(N(C)C)N1[N-][NH+](O)c2cc(Cl)ccc21. The number of anilines is 1. The Bertz CT molecular complexity index is 431. The number of nitrogens with one attached hydrogen (secondary N) is 1. The number of quaternary nitrogens is 1. The van der Waals surface area contributed by atoms with Crippen molar-refractivity contribution in [3.05, 3.63) is 28.8 Å². The zero-order valence-electron chi connectivity index (χ0n) is 10.9. The first-order valence-corrected chi connectivity index (χ1v) is 5.99. The molecular formula is C11H18ClN5O. The van der Waals surface area contributed by atoms with Gasteiger partial charge in [-0.1, -0.05) is 11.6 Å². The van der Waals surface area contributed by atoms with Crippen LogP contribution in [0.1, 0.15) is 0 Å². The first kappa shape index (κ1) is 13.5. The summed E-state index contributed by atoms with van der Waals surface area (Å²) in [6.07, 6.45) is -0.0745. The number of fused-ring (bicyclic) bond motifs is 1. The number of halogens is 1. The van der Waals surface area contributed by atoms with Gasteiger partial charge in [-0.2, -0.15) is 0 Å². The number of rotatable bonds is 3. The van der Waals surface area contributed by atoms with Crippen LogP contribution in [-0.2, 0) is 0 Å². The van der Waals surface area contributed by atoms with E-state index in [1.165, 1.54) is 0 Å². The molecule has 0 radical (unpaired) electrons. The molecule has 2 rings (SSSR count). The third kappa shape index (κ3) is 2.31. The fraction of sp³-hybridized carbons (Fsp3) is 0.455. The quantitative estimate of drug-likeness (QED) is 0.794. The van der Waals surface area contributed by atoms with Gasteiger partial charge in [0.1, 0.15) is 6.29 Å². The lowest BCUT2D eigenvalue weighted by Gasteiger charge is -2.43. The van der Waals surface area contributed by atoms with Gasteiger partial charge in [-0.15, -0.1) is 0 Å². The van der Waals surface area contributed by atoms with Crippen LogP contribution in [0.4, 0.5) is 11.4 Å². The van der Waals surface area contributed by atoms with Crippen LogP contribution in [0.15, 0.2) is 18.2 Å². The normalized spacial score (nSPS) is 19.2. The minimum atomic E-state index is -0.0745. The molecule has 18 heavy (non-hydrogen) atoms. The van der Waals surface area contributed by atoms with E-state index in [0.717, 1.165) is 5.69 Å². The molecule has 1 aliphatic rings. The second-order valence-electron chi connectivity index (χ2n) is 4.70. The summed E-state index contributed by atoms with van der Waals surface area (Å²) in [6, 6.07) is 5.38. The van der Waals surface area contributed by atoms with Crippen molar-refractivity contribution in [3.63, 3.8) is 0 Å². The molecule has 0 spiro atoms. The summed E-state index contributed by atoms with van der Waals surface area (Å²) < 4.78 is 0. The van der Waals surface area contributed by atoms with E-state index in [4.69, 9.17) is 11.6 Å². The number of nitrogens with zero attached hydrogens (tertiary/aromatic N) is 4. The first-order valence-electron chi connectivity index (χ1n) is 5.61. The Kier molecular flexibility index (Phi) is 3.76. The minimum Gasteiger partial charge on any atom is -0.391 e. The molecular weight excluding hydrogens is 254 g/mol. The van der Waals surface area contributed by atoms with Crippen molar-refractivity contribution in [2.75, 3.05) is 33.2 Å². The van der Waals surface area contributed by atoms with Gasteiger partial charge in [-0.05, 0) is 40.3 Å². The van der Waals surface area contributed by atoms with Gasteiger partial charge in [-0.3, -0.25) is 9.80 Å². The van der Waals surface area contributed by atoms with Crippen molar-refractivity contribution >= 4 is 23.0 Å². The molecule has 1 heterocycles. The number of hydrogen-bond donors (Lipinski definition) is 2. The molecule has 100 valence electrons. The first-order chi connectivity index (χ1) is 8.41. The molecule has 0 saturated carbocycles. The fourth-order valence-corrected chi connectivity index (χ4v) is 2.34. The largest absolute Gasteiger partial charge is 0.391 e. The highest BCUT2D eigenvalue weighted by molar-refractivity contribution is 6.30. The van der Waals surface area contributed by atoms with E-state index in [1.807, 2.05) is 44.1 Å². The monoisotopic (exact) mass is 271 g/mol. The average Bonchev–Trinajstić information content (AvgIpc) is 2.55. The van der Waals surface area contributed by atoms with Crippen LogP contribution in [0, 0.1) is 0 Å². The molecule has 0 fully saturated rings. The van der Waals surface area contributed by atoms with Gasteiger partial charge in [0.2, 0.25) is 0 Å². The Labute approximate surface area is 112 Å². The molecule has 1 unspecified atom stereocenters. The molecule has 6 nitrogen and oxygen atoms in total. The Balaban J connectivity index is 2.39. The Hall–Kier alpha value is -0.890. The lowest BCUT2D eigenvalue weighted by molar-refractivity contribution is -0.999. The maximum Gasteiger partial charge on any atom is 0.178 e. The lowest BCUT2D eigenvalue weighted by Crippen LogP contribution is -2.99. The lowest BCUT2D eigenvalue weighted by atomic mass is 10.2. The van der Waals surface area contributed by atoms with Gasteiger partial charge < -0.3 is 10.5 Å². The third-order valence-corrected chi connectivity index (χ3v) is 3.03. The average molecular weight is 272 g/mol. The molecule has 0 aliphatic carbocycles. The predicted octanol–water partition coefficient (Wildman–Crippen LogP) is 0.676. The maximum atomic E-state index is 9.90. The van der Waals surface area contributed by atoms with Gasteiger partial charge in [0.05, 0.1) is 5.69 Å². The van der Waals surface area contributed by atoms with Gasteiger partial charge in [0.15, 0.2) is 5.69 Å². The van der Waals surface area contributed by atoms with Crippen molar-refractivity contribution < 1.29 is 10.4 Å². The molecule has 0 aromatic heterocycles. The van der Waals surface area contributed by atoms with Gasteiger partial charge in [0, 0.05) is 11.1 Å². The van der Waals surface area contributed by atoms with E-state index in [0.29, 0.717) is 10.7 Å². The standard InChI is InChI=1S/C11H18ClN5O/c1-14(2)11(15(3)4)16-9-6-5-8(12)7-10(9)17(18)13-16/h5-7,11,17-18H,1-4H3. The van der Waals surface area contributed by atoms with Crippen molar-refractivity contribution in [3.8, 4) is 0 Å². The zero-order valence-corrected chi connectivity index (χ0v) is 11.7. The second-order valence-corrected chi connectivity index (χ2v) is 5.14. The third-order valence-electron chi connectivity index (χ3n) is 2.79. The topological polar surface area (TPSA) is 48.5 Å². The van der Waals surface area contributed by atoms with Crippen molar-refractivity contribution in [1.82, 2.24) is 9.80 Å². The van der Waals surface area contributed by atoms with E-state index >= 15 is 0 Å². The Morgan fingerprint density at radius 1 is 1.28 bits per heavy atom. The summed E-state index contributed by atoms with van der Waals surface area (Å²) >= 11 is 5.94. The Morgan fingerprint density at radius 2 is 1.89 bits per heavy atom. The summed E-state index contributed by atoms with van der Waals surface area (Å²) in [7, 11) is 7.85. The highest BCUT2D eigenvalue weighted by atomic mass is 35.5. The van der Waals surface area contributed by atoms with Crippen molar-refractivity contribution in [1.29, 1.82) is 0 Å². The van der Waals surface area contributed by atoms with Crippen LogP contribution in [-0.4, -0.2) is 49.5 Å². The van der Waals surface area contributed by atoms with Gasteiger partial charge in [0.25, 0.3) is 0 Å². The summed E-state index contributed by atoms with van der Waals surface area (Å²) in [4.78, 5) is 4.03. The highest BCUT2D eigenvalue weighted by Gasteiger charge is 2.29. The molecule has 0 saturated heterocycles.